The van der Waals surface area contributed by atoms with E-state index in [0.717, 1.165) is 12.3 Å². The summed E-state index contributed by atoms with van der Waals surface area (Å²) < 4.78 is 13.8. The van der Waals surface area contributed by atoms with Crippen LogP contribution in [0.15, 0.2) is 12.2 Å². The Labute approximate surface area is 92.9 Å². The van der Waals surface area contributed by atoms with Crippen molar-refractivity contribution in [3.63, 3.8) is 0 Å². The highest BCUT2D eigenvalue weighted by Gasteiger charge is 2.56. The van der Waals surface area contributed by atoms with Crippen molar-refractivity contribution in [2.75, 3.05) is 0 Å². The van der Waals surface area contributed by atoms with E-state index in [1.54, 1.807) is 6.92 Å². The molecule has 0 aromatic heterocycles. The van der Waals surface area contributed by atoms with Crippen LogP contribution in [-0.4, -0.2) is 5.67 Å². The summed E-state index contributed by atoms with van der Waals surface area (Å²) in [4.78, 5) is 0. The van der Waals surface area contributed by atoms with Crippen LogP contribution >= 0.6 is 0 Å². The first kappa shape index (κ1) is 11.2. The van der Waals surface area contributed by atoms with E-state index in [1.165, 1.54) is 25.7 Å². The van der Waals surface area contributed by atoms with Crippen molar-refractivity contribution in [2.45, 2.75) is 58.5 Å². The Balaban J connectivity index is 1.92. The number of allylic oxidation sites excluding steroid dienone is 2. The van der Waals surface area contributed by atoms with Crippen LogP contribution in [0.1, 0.15) is 52.9 Å². The zero-order valence-corrected chi connectivity index (χ0v) is 10.2. The lowest BCUT2D eigenvalue weighted by molar-refractivity contribution is -0.125. The first-order valence-electron chi connectivity index (χ1n) is 6.28. The average Bonchev–Trinajstić information content (AvgIpc) is 2.18. The van der Waals surface area contributed by atoms with Crippen molar-refractivity contribution in [2.24, 2.45) is 17.3 Å². The molecule has 0 spiro atoms. The number of hydrogen-bond acceptors (Lipinski definition) is 0. The van der Waals surface area contributed by atoms with Crippen LogP contribution in [0.2, 0.25) is 0 Å². The van der Waals surface area contributed by atoms with E-state index >= 15 is 0 Å². The van der Waals surface area contributed by atoms with Crippen LogP contribution < -0.4 is 0 Å². The van der Waals surface area contributed by atoms with Gasteiger partial charge in [-0.1, -0.05) is 26.0 Å². The van der Waals surface area contributed by atoms with Gasteiger partial charge in [-0.05, 0) is 56.3 Å². The third-order valence-electron chi connectivity index (χ3n) is 4.83. The zero-order chi connectivity index (χ0) is 11.1. The van der Waals surface area contributed by atoms with Crippen LogP contribution in [-0.2, 0) is 0 Å². The molecule has 0 aromatic rings. The fraction of sp³-hybridized carbons (Fsp3) is 0.857. The fourth-order valence-electron chi connectivity index (χ4n) is 3.64. The zero-order valence-electron chi connectivity index (χ0n) is 10.2. The van der Waals surface area contributed by atoms with Crippen LogP contribution in [0.3, 0.4) is 0 Å². The van der Waals surface area contributed by atoms with E-state index in [0.29, 0.717) is 0 Å². The van der Waals surface area contributed by atoms with Crippen molar-refractivity contribution >= 4 is 0 Å². The molecular weight excluding hydrogens is 187 g/mol. The number of alkyl halides is 1. The van der Waals surface area contributed by atoms with Crippen molar-refractivity contribution in [1.82, 2.24) is 0 Å². The van der Waals surface area contributed by atoms with Gasteiger partial charge in [-0.15, -0.1) is 0 Å². The molecule has 0 nitrogen and oxygen atoms in total. The predicted octanol–water partition coefficient (Wildman–Crippen LogP) is 4.51. The Morgan fingerprint density at radius 3 is 2.53 bits per heavy atom. The SMILES string of the molecule is CC1C(C)(F)CC1(C)CC1CC=CCC1. The van der Waals surface area contributed by atoms with Gasteiger partial charge in [0, 0.05) is 0 Å². The largest absolute Gasteiger partial charge is 0.244 e. The summed E-state index contributed by atoms with van der Waals surface area (Å²) in [6.45, 7) is 6.12. The Bertz CT molecular complexity index is 267. The van der Waals surface area contributed by atoms with E-state index in [4.69, 9.17) is 0 Å². The summed E-state index contributed by atoms with van der Waals surface area (Å²) in [5.41, 5.74) is -0.640. The molecule has 2 aliphatic rings. The highest BCUT2D eigenvalue weighted by Crippen LogP contribution is 2.59. The summed E-state index contributed by atoms with van der Waals surface area (Å²) in [5, 5.41) is 0. The summed E-state index contributed by atoms with van der Waals surface area (Å²) in [7, 11) is 0. The lowest BCUT2D eigenvalue weighted by atomic mass is 9.51. The van der Waals surface area contributed by atoms with Gasteiger partial charge < -0.3 is 0 Å². The van der Waals surface area contributed by atoms with Crippen LogP contribution in [0.5, 0.6) is 0 Å². The molecule has 0 aromatic carbocycles. The molecule has 0 saturated heterocycles. The molecule has 0 radical (unpaired) electrons. The Morgan fingerprint density at radius 2 is 2.07 bits per heavy atom. The van der Waals surface area contributed by atoms with Crippen LogP contribution in [0.25, 0.3) is 0 Å². The average molecular weight is 210 g/mol. The van der Waals surface area contributed by atoms with E-state index in [2.05, 4.69) is 26.0 Å². The first-order chi connectivity index (χ1) is 6.94. The Hall–Kier alpha value is -0.330. The maximum absolute atomic E-state index is 13.8. The topological polar surface area (TPSA) is 0 Å². The highest BCUT2D eigenvalue weighted by molar-refractivity contribution is 5.06. The van der Waals surface area contributed by atoms with Gasteiger partial charge in [0.1, 0.15) is 5.67 Å². The van der Waals surface area contributed by atoms with Gasteiger partial charge in [-0.2, -0.15) is 0 Å². The van der Waals surface area contributed by atoms with E-state index in [-0.39, 0.29) is 11.3 Å². The highest BCUT2D eigenvalue weighted by atomic mass is 19.1. The van der Waals surface area contributed by atoms with Gasteiger partial charge in [0.25, 0.3) is 0 Å². The predicted molar refractivity (Wildman–Crippen MR) is 62.5 cm³/mol. The third kappa shape index (κ3) is 1.98. The second-order valence-corrected chi connectivity index (χ2v) is 6.19. The van der Waals surface area contributed by atoms with Crippen molar-refractivity contribution in [1.29, 1.82) is 0 Å². The fourth-order valence-corrected chi connectivity index (χ4v) is 3.64. The van der Waals surface area contributed by atoms with E-state index < -0.39 is 5.67 Å². The molecule has 0 aliphatic heterocycles. The maximum atomic E-state index is 13.8. The standard InChI is InChI=1S/C14H23F/c1-11-13(2,10-14(11,3)15)9-12-7-5-4-6-8-12/h4-5,11-12H,6-10H2,1-3H3. The normalized spacial score (nSPS) is 50.1. The monoisotopic (exact) mass is 210 g/mol. The molecule has 15 heavy (non-hydrogen) atoms. The summed E-state index contributed by atoms with van der Waals surface area (Å²) in [6, 6.07) is 0. The molecular formula is C14H23F. The van der Waals surface area contributed by atoms with Crippen molar-refractivity contribution in [3.05, 3.63) is 12.2 Å². The van der Waals surface area contributed by atoms with Gasteiger partial charge in [0.15, 0.2) is 0 Å². The minimum atomic E-state index is -0.904. The number of halogens is 1. The molecule has 1 heteroatoms. The molecule has 0 amide bonds. The molecule has 0 bridgehead atoms. The minimum absolute atomic E-state index is 0.232. The lowest BCUT2D eigenvalue weighted by Crippen LogP contribution is -2.54. The van der Waals surface area contributed by atoms with Crippen molar-refractivity contribution in [3.8, 4) is 0 Å². The maximum Gasteiger partial charge on any atom is 0.111 e. The van der Waals surface area contributed by atoms with Gasteiger partial charge in [-0.25, -0.2) is 4.39 Å². The van der Waals surface area contributed by atoms with Crippen LogP contribution in [0, 0.1) is 17.3 Å². The summed E-state index contributed by atoms with van der Waals surface area (Å²) in [6.07, 6.45) is 10.3. The molecule has 2 aliphatic carbocycles. The molecule has 4 atom stereocenters. The Morgan fingerprint density at radius 1 is 1.33 bits per heavy atom. The second-order valence-electron chi connectivity index (χ2n) is 6.19. The van der Waals surface area contributed by atoms with E-state index in [9.17, 15) is 4.39 Å². The van der Waals surface area contributed by atoms with Gasteiger partial charge >= 0.3 is 0 Å². The van der Waals surface area contributed by atoms with E-state index in [1.807, 2.05) is 0 Å². The van der Waals surface area contributed by atoms with Gasteiger partial charge in [0.05, 0.1) is 0 Å². The molecule has 1 saturated carbocycles. The summed E-state index contributed by atoms with van der Waals surface area (Å²) >= 11 is 0. The molecule has 0 heterocycles. The lowest BCUT2D eigenvalue weighted by Gasteiger charge is -2.56. The molecule has 0 N–H and O–H groups in total. The summed E-state index contributed by atoms with van der Waals surface area (Å²) in [5.74, 6) is 1.04. The third-order valence-corrected chi connectivity index (χ3v) is 4.83. The van der Waals surface area contributed by atoms with Gasteiger partial charge in [-0.3, -0.25) is 0 Å². The number of hydrogen-bond donors (Lipinski definition) is 0. The first-order valence-corrected chi connectivity index (χ1v) is 6.28. The molecule has 4 unspecified atom stereocenters. The molecule has 86 valence electrons. The smallest absolute Gasteiger partial charge is 0.111 e. The quantitative estimate of drug-likeness (QED) is 0.588. The minimum Gasteiger partial charge on any atom is -0.244 e. The van der Waals surface area contributed by atoms with Gasteiger partial charge in [0.2, 0.25) is 0 Å². The second kappa shape index (κ2) is 3.61. The molecule has 1 fully saturated rings. The Kier molecular flexibility index (Phi) is 2.68. The van der Waals surface area contributed by atoms with Crippen LogP contribution in [0.4, 0.5) is 4.39 Å². The number of rotatable bonds is 2. The molecule has 2 rings (SSSR count). The van der Waals surface area contributed by atoms with Crippen molar-refractivity contribution < 1.29 is 4.39 Å².